The molecule has 0 saturated carbocycles. The van der Waals surface area contributed by atoms with Gasteiger partial charge in [-0.15, -0.1) is 0 Å². The molecule has 2 aliphatic rings. The van der Waals surface area contributed by atoms with Gasteiger partial charge in [0.05, 0.1) is 5.02 Å². The van der Waals surface area contributed by atoms with E-state index in [1.54, 1.807) is 13.2 Å². The fraction of sp³-hybridized carbons (Fsp3) is 0.667. The summed E-state index contributed by atoms with van der Waals surface area (Å²) in [5.41, 5.74) is 5.40. The topological polar surface area (TPSA) is 98.9 Å². The Morgan fingerprint density at radius 3 is 2.80 bits per heavy atom. The number of carbonyl (C=O) groups is 1. The minimum Gasteiger partial charge on any atom is -0.369 e. The highest BCUT2D eigenvalue weighted by Gasteiger charge is 2.25. The Morgan fingerprint density at radius 1 is 1.30 bits per heavy atom. The van der Waals surface area contributed by atoms with Gasteiger partial charge in [0.1, 0.15) is 5.82 Å². The lowest BCUT2D eigenvalue weighted by Gasteiger charge is -2.30. The fourth-order valence-electron chi connectivity index (χ4n) is 4.18. The second kappa shape index (κ2) is 11.4. The summed E-state index contributed by atoms with van der Waals surface area (Å²) in [4.78, 5) is 24.7. The summed E-state index contributed by atoms with van der Waals surface area (Å²) in [5.74, 6) is 1.62. The van der Waals surface area contributed by atoms with E-state index < -0.39 is 0 Å². The van der Waals surface area contributed by atoms with Gasteiger partial charge >= 0.3 is 0 Å². The number of primary amides is 1. The molecule has 1 unspecified atom stereocenters. The second-order valence-electron chi connectivity index (χ2n) is 8.11. The van der Waals surface area contributed by atoms with Crippen molar-refractivity contribution in [3.63, 3.8) is 0 Å². The predicted molar refractivity (Wildman–Crippen MR) is 122 cm³/mol. The standard InChI is InChI=1S/C21H34ClN7O/c1-24-21(26-9-2-3-11-28-12-6-16(7-13-28)19(23)30)27-17-8-14-29(15-17)20-18(22)5-4-10-25-20/h4-5,10,16-17H,2-3,6-9,11-15H2,1H3,(H2,23,30)(H2,24,26,27). The number of aromatic nitrogens is 1. The summed E-state index contributed by atoms with van der Waals surface area (Å²) in [5, 5.41) is 7.63. The van der Waals surface area contributed by atoms with E-state index in [2.05, 4.69) is 30.4 Å². The van der Waals surface area contributed by atoms with Crippen molar-refractivity contribution in [2.45, 2.75) is 38.1 Å². The first-order valence-corrected chi connectivity index (χ1v) is 11.3. The second-order valence-corrected chi connectivity index (χ2v) is 8.52. The van der Waals surface area contributed by atoms with Crippen LogP contribution in [0.15, 0.2) is 23.3 Å². The van der Waals surface area contributed by atoms with E-state index in [4.69, 9.17) is 17.3 Å². The number of guanidine groups is 1. The molecule has 8 nitrogen and oxygen atoms in total. The first-order chi connectivity index (χ1) is 14.6. The molecule has 9 heteroatoms. The number of nitrogens with zero attached hydrogens (tertiary/aromatic N) is 4. The van der Waals surface area contributed by atoms with Crippen LogP contribution in [-0.4, -0.2) is 74.1 Å². The molecule has 0 aliphatic carbocycles. The van der Waals surface area contributed by atoms with Crippen molar-refractivity contribution in [3.05, 3.63) is 23.4 Å². The molecule has 166 valence electrons. The summed E-state index contributed by atoms with van der Waals surface area (Å²) < 4.78 is 0. The third kappa shape index (κ3) is 6.47. The molecule has 2 saturated heterocycles. The molecule has 0 aromatic carbocycles. The Balaban J connectivity index is 1.30. The molecule has 3 heterocycles. The molecule has 2 aliphatic heterocycles. The van der Waals surface area contributed by atoms with Gasteiger partial charge in [-0.2, -0.15) is 0 Å². The van der Waals surface area contributed by atoms with Gasteiger partial charge in [0.25, 0.3) is 0 Å². The van der Waals surface area contributed by atoms with Gasteiger partial charge in [-0.3, -0.25) is 9.79 Å². The van der Waals surface area contributed by atoms with Crippen LogP contribution in [0.1, 0.15) is 32.1 Å². The van der Waals surface area contributed by atoms with Crippen LogP contribution in [-0.2, 0) is 4.79 Å². The molecule has 3 rings (SSSR count). The van der Waals surface area contributed by atoms with Crippen molar-refractivity contribution in [2.24, 2.45) is 16.6 Å². The number of aliphatic imine (C=N–C) groups is 1. The molecule has 30 heavy (non-hydrogen) atoms. The largest absolute Gasteiger partial charge is 0.369 e. The summed E-state index contributed by atoms with van der Waals surface area (Å²) in [6.45, 7) is 5.70. The molecular formula is C21H34ClN7O. The Kier molecular flexibility index (Phi) is 8.57. The highest BCUT2D eigenvalue weighted by Crippen LogP contribution is 2.25. The molecule has 0 radical (unpaired) electrons. The highest BCUT2D eigenvalue weighted by atomic mass is 35.5. The third-order valence-corrected chi connectivity index (χ3v) is 6.27. The van der Waals surface area contributed by atoms with E-state index in [0.717, 1.165) is 83.2 Å². The Bertz CT molecular complexity index is 721. The average molecular weight is 436 g/mol. The maximum absolute atomic E-state index is 11.2. The number of amides is 1. The smallest absolute Gasteiger partial charge is 0.220 e. The number of rotatable bonds is 8. The van der Waals surface area contributed by atoms with Crippen LogP contribution in [0.25, 0.3) is 0 Å². The number of piperidine rings is 1. The van der Waals surface area contributed by atoms with Crippen LogP contribution in [0.5, 0.6) is 0 Å². The van der Waals surface area contributed by atoms with Gasteiger partial charge in [0.15, 0.2) is 5.96 Å². The van der Waals surface area contributed by atoms with Crippen molar-refractivity contribution < 1.29 is 4.79 Å². The summed E-state index contributed by atoms with van der Waals surface area (Å²) in [6.07, 6.45) is 6.80. The van der Waals surface area contributed by atoms with Crippen molar-refractivity contribution in [3.8, 4) is 0 Å². The van der Waals surface area contributed by atoms with Crippen molar-refractivity contribution >= 4 is 29.3 Å². The molecule has 4 N–H and O–H groups in total. The van der Waals surface area contributed by atoms with Gasteiger partial charge in [0, 0.05) is 44.8 Å². The van der Waals surface area contributed by atoms with Crippen LogP contribution < -0.4 is 21.3 Å². The van der Waals surface area contributed by atoms with Gasteiger partial charge in [-0.25, -0.2) is 4.98 Å². The first-order valence-electron chi connectivity index (χ1n) is 10.9. The number of halogens is 1. The third-order valence-electron chi connectivity index (χ3n) is 5.97. The monoisotopic (exact) mass is 435 g/mol. The van der Waals surface area contributed by atoms with Gasteiger partial charge in [-0.05, 0) is 63.9 Å². The number of anilines is 1. The number of likely N-dealkylation sites (tertiary alicyclic amines) is 1. The summed E-state index contributed by atoms with van der Waals surface area (Å²) in [7, 11) is 1.81. The molecule has 1 aromatic heterocycles. The minimum absolute atomic E-state index is 0.0672. The normalized spacial score (nSPS) is 21.1. The van der Waals surface area contributed by atoms with Crippen LogP contribution in [0.3, 0.4) is 0 Å². The van der Waals surface area contributed by atoms with Crippen LogP contribution in [0.2, 0.25) is 5.02 Å². The van der Waals surface area contributed by atoms with E-state index in [-0.39, 0.29) is 11.8 Å². The zero-order valence-electron chi connectivity index (χ0n) is 17.8. The average Bonchev–Trinajstić information content (AvgIpc) is 3.21. The number of nitrogens with two attached hydrogens (primary N) is 1. The molecular weight excluding hydrogens is 402 g/mol. The zero-order valence-corrected chi connectivity index (χ0v) is 18.6. The molecule has 0 bridgehead atoms. The molecule has 1 amide bonds. The number of hydrogen-bond donors (Lipinski definition) is 3. The number of unbranched alkanes of at least 4 members (excludes halogenated alkanes) is 1. The maximum Gasteiger partial charge on any atom is 0.220 e. The zero-order chi connectivity index (χ0) is 21.3. The first kappa shape index (κ1) is 22.6. The van der Waals surface area contributed by atoms with E-state index in [1.165, 1.54) is 0 Å². The Hall–Kier alpha value is -2.06. The van der Waals surface area contributed by atoms with E-state index in [1.807, 2.05) is 12.1 Å². The van der Waals surface area contributed by atoms with Gasteiger partial charge in [-0.1, -0.05) is 11.6 Å². The van der Waals surface area contributed by atoms with Gasteiger partial charge < -0.3 is 26.2 Å². The van der Waals surface area contributed by atoms with Crippen molar-refractivity contribution in [1.82, 2.24) is 20.5 Å². The SMILES string of the molecule is CN=C(NCCCCN1CCC(C(N)=O)CC1)NC1CCN(c2ncccc2Cl)C1. The number of pyridine rings is 1. The summed E-state index contributed by atoms with van der Waals surface area (Å²) in [6, 6.07) is 4.05. The lowest BCUT2D eigenvalue weighted by molar-refractivity contribution is -0.123. The van der Waals surface area contributed by atoms with Crippen LogP contribution in [0.4, 0.5) is 5.82 Å². The van der Waals surface area contributed by atoms with Crippen LogP contribution >= 0.6 is 11.6 Å². The quantitative estimate of drug-likeness (QED) is 0.325. The fourth-order valence-corrected chi connectivity index (χ4v) is 4.42. The Labute approximate surface area is 184 Å². The lowest BCUT2D eigenvalue weighted by Crippen LogP contribution is -2.45. The van der Waals surface area contributed by atoms with Crippen molar-refractivity contribution in [1.29, 1.82) is 0 Å². The molecule has 1 aromatic rings. The number of nitrogens with one attached hydrogen (secondary N) is 2. The molecule has 0 spiro atoms. The Morgan fingerprint density at radius 2 is 2.10 bits per heavy atom. The van der Waals surface area contributed by atoms with Gasteiger partial charge in [0.2, 0.25) is 5.91 Å². The molecule has 1 atom stereocenters. The summed E-state index contributed by atoms with van der Waals surface area (Å²) >= 11 is 6.28. The highest BCUT2D eigenvalue weighted by molar-refractivity contribution is 6.32. The van der Waals surface area contributed by atoms with E-state index in [0.29, 0.717) is 11.1 Å². The number of hydrogen-bond acceptors (Lipinski definition) is 5. The lowest BCUT2D eigenvalue weighted by atomic mass is 9.96. The van der Waals surface area contributed by atoms with E-state index in [9.17, 15) is 4.79 Å². The minimum atomic E-state index is -0.147. The van der Waals surface area contributed by atoms with E-state index >= 15 is 0 Å². The van der Waals surface area contributed by atoms with Crippen LogP contribution in [0, 0.1) is 5.92 Å². The molecule has 2 fully saturated rings. The maximum atomic E-state index is 11.2. The number of carbonyl (C=O) groups excluding carboxylic acids is 1. The predicted octanol–water partition coefficient (Wildman–Crippen LogP) is 1.46. The van der Waals surface area contributed by atoms with Crippen molar-refractivity contribution in [2.75, 3.05) is 51.2 Å².